The second kappa shape index (κ2) is 5.05. The smallest absolute Gasteiger partial charge is 0.128 e. The maximum Gasteiger partial charge on any atom is 0.128 e. The van der Waals surface area contributed by atoms with Gasteiger partial charge in [0.25, 0.3) is 0 Å². The summed E-state index contributed by atoms with van der Waals surface area (Å²) in [7, 11) is 0. The molecule has 1 aromatic carbocycles. The Hall–Kier alpha value is -1.09. The van der Waals surface area contributed by atoms with Crippen molar-refractivity contribution in [3.8, 4) is 0 Å². The van der Waals surface area contributed by atoms with Gasteiger partial charge in [0.1, 0.15) is 5.82 Å². The van der Waals surface area contributed by atoms with E-state index in [4.69, 9.17) is 5.73 Å². The molecule has 0 radical (unpaired) electrons. The lowest BCUT2D eigenvalue weighted by molar-refractivity contribution is 0.518. The van der Waals surface area contributed by atoms with Crippen molar-refractivity contribution in [2.45, 2.75) is 45.2 Å². The largest absolute Gasteiger partial charge is 0.365 e. The highest BCUT2D eigenvalue weighted by Crippen LogP contribution is 2.36. The Balaban J connectivity index is 2.28. The first-order valence-electron chi connectivity index (χ1n) is 6.41. The Morgan fingerprint density at radius 3 is 2.88 bits per heavy atom. The van der Waals surface area contributed by atoms with Crippen molar-refractivity contribution in [3.05, 3.63) is 29.6 Å². The summed E-state index contributed by atoms with van der Waals surface area (Å²) in [6.45, 7) is 5.03. The summed E-state index contributed by atoms with van der Waals surface area (Å²) in [4.78, 5) is 2.34. The van der Waals surface area contributed by atoms with Crippen LogP contribution in [0.2, 0.25) is 0 Å². The van der Waals surface area contributed by atoms with E-state index < -0.39 is 0 Å². The van der Waals surface area contributed by atoms with E-state index in [-0.39, 0.29) is 5.82 Å². The van der Waals surface area contributed by atoms with Crippen LogP contribution in [0.25, 0.3) is 0 Å². The zero-order chi connectivity index (χ0) is 12.4. The van der Waals surface area contributed by atoms with E-state index in [1.165, 1.54) is 0 Å². The molecule has 1 unspecified atom stereocenters. The van der Waals surface area contributed by atoms with Crippen molar-refractivity contribution in [3.63, 3.8) is 0 Å². The molecule has 0 fully saturated rings. The lowest BCUT2D eigenvalue weighted by Crippen LogP contribution is -2.38. The highest BCUT2D eigenvalue weighted by Gasteiger charge is 2.32. The molecule has 0 aliphatic carbocycles. The summed E-state index contributed by atoms with van der Waals surface area (Å²) in [6.07, 6.45) is 2.87. The van der Waals surface area contributed by atoms with E-state index in [9.17, 15) is 4.39 Å². The number of benzene rings is 1. The van der Waals surface area contributed by atoms with Gasteiger partial charge in [-0.25, -0.2) is 4.39 Å². The van der Waals surface area contributed by atoms with Crippen LogP contribution in [0.4, 0.5) is 10.1 Å². The molecule has 2 nitrogen and oxygen atoms in total. The second-order valence-electron chi connectivity index (χ2n) is 5.03. The third kappa shape index (κ3) is 2.29. The Bertz CT molecular complexity index is 390. The van der Waals surface area contributed by atoms with Gasteiger partial charge in [0, 0.05) is 23.3 Å². The van der Waals surface area contributed by atoms with Gasteiger partial charge in [-0.15, -0.1) is 0 Å². The van der Waals surface area contributed by atoms with Gasteiger partial charge in [0.15, 0.2) is 0 Å². The van der Waals surface area contributed by atoms with E-state index in [1.807, 2.05) is 6.07 Å². The van der Waals surface area contributed by atoms with E-state index in [0.29, 0.717) is 18.6 Å². The molecular formula is C14H21FN2. The van der Waals surface area contributed by atoms with Crippen LogP contribution in [0.1, 0.15) is 32.3 Å². The van der Waals surface area contributed by atoms with Gasteiger partial charge in [-0.1, -0.05) is 6.07 Å². The molecule has 1 aromatic rings. The number of fused-ring (bicyclic) bond motifs is 1. The molecule has 0 spiro atoms. The average molecular weight is 236 g/mol. The molecule has 0 saturated carbocycles. The Morgan fingerprint density at radius 1 is 1.47 bits per heavy atom. The first-order valence-corrected chi connectivity index (χ1v) is 6.41. The molecule has 1 aliphatic heterocycles. The first kappa shape index (κ1) is 12.4. The number of halogens is 1. The van der Waals surface area contributed by atoms with Gasteiger partial charge in [0.2, 0.25) is 0 Å². The molecule has 1 heterocycles. The second-order valence-corrected chi connectivity index (χ2v) is 5.03. The van der Waals surface area contributed by atoms with Crippen LogP contribution < -0.4 is 10.6 Å². The summed E-state index contributed by atoms with van der Waals surface area (Å²) in [5, 5.41) is 0. The molecule has 2 N–H and O–H groups in total. The van der Waals surface area contributed by atoms with Crippen LogP contribution in [-0.4, -0.2) is 18.6 Å². The normalized spacial score (nSPS) is 18.9. The van der Waals surface area contributed by atoms with Crippen molar-refractivity contribution < 1.29 is 4.39 Å². The zero-order valence-corrected chi connectivity index (χ0v) is 10.6. The van der Waals surface area contributed by atoms with Crippen LogP contribution in [0.15, 0.2) is 18.2 Å². The van der Waals surface area contributed by atoms with Gasteiger partial charge in [0.05, 0.1) is 0 Å². The summed E-state index contributed by atoms with van der Waals surface area (Å²) in [6, 6.07) is 6.20. The molecule has 0 bridgehead atoms. The third-order valence-corrected chi connectivity index (χ3v) is 3.50. The summed E-state index contributed by atoms with van der Waals surface area (Å²) < 4.78 is 13.8. The monoisotopic (exact) mass is 236 g/mol. The number of anilines is 1. The average Bonchev–Trinajstić information content (AvgIpc) is 2.66. The quantitative estimate of drug-likeness (QED) is 0.871. The predicted octanol–water partition coefficient (Wildman–Crippen LogP) is 2.70. The third-order valence-electron chi connectivity index (χ3n) is 3.50. The van der Waals surface area contributed by atoms with Gasteiger partial charge >= 0.3 is 0 Å². The number of hydrogen-bond acceptors (Lipinski definition) is 2. The van der Waals surface area contributed by atoms with E-state index >= 15 is 0 Å². The number of hydrogen-bond donors (Lipinski definition) is 1. The SMILES string of the molecule is CC(C)N1c2cccc(F)c2CC1CCCN. The minimum atomic E-state index is -0.0663. The molecule has 1 atom stereocenters. The first-order chi connectivity index (χ1) is 8.15. The van der Waals surface area contributed by atoms with Crippen molar-refractivity contribution >= 4 is 5.69 Å². The fourth-order valence-corrected chi connectivity index (χ4v) is 2.82. The van der Waals surface area contributed by atoms with Crippen molar-refractivity contribution in [1.82, 2.24) is 0 Å². The molecule has 17 heavy (non-hydrogen) atoms. The fraction of sp³-hybridized carbons (Fsp3) is 0.571. The topological polar surface area (TPSA) is 29.3 Å². The van der Waals surface area contributed by atoms with Gasteiger partial charge in [-0.05, 0) is 51.8 Å². The van der Waals surface area contributed by atoms with Gasteiger partial charge in [-0.2, -0.15) is 0 Å². The summed E-state index contributed by atoms with van der Waals surface area (Å²) in [5.74, 6) is -0.0663. The highest BCUT2D eigenvalue weighted by molar-refractivity contribution is 5.60. The van der Waals surface area contributed by atoms with E-state index in [1.54, 1.807) is 12.1 Å². The molecule has 94 valence electrons. The zero-order valence-electron chi connectivity index (χ0n) is 10.6. The van der Waals surface area contributed by atoms with E-state index in [0.717, 1.165) is 30.5 Å². The van der Waals surface area contributed by atoms with Crippen molar-refractivity contribution in [2.75, 3.05) is 11.4 Å². The summed E-state index contributed by atoms with van der Waals surface area (Å²) >= 11 is 0. The summed E-state index contributed by atoms with van der Waals surface area (Å²) in [5.41, 5.74) is 7.52. The minimum Gasteiger partial charge on any atom is -0.365 e. The molecular weight excluding hydrogens is 215 g/mol. The molecule has 3 heteroatoms. The van der Waals surface area contributed by atoms with Crippen LogP contribution in [0.3, 0.4) is 0 Å². The molecule has 2 rings (SSSR count). The Morgan fingerprint density at radius 2 is 2.24 bits per heavy atom. The molecule has 0 aromatic heterocycles. The van der Waals surface area contributed by atoms with Gasteiger partial charge < -0.3 is 10.6 Å². The standard InChI is InChI=1S/C14H21FN2/c1-10(2)17-11(5-4-8-16)9-12-13(15)6-3-7-14(12)17/h3,6-7,10-11H,4-5,8-9,16H2,1-2H3. The van der Waals surface area contributed by atoms with Crippen LogP contribution >= 0.6 is 0 Å². The van der Waals surface area contributed by atoms with Crippen LogP contribution in [0, 0.1) is 5.82 Å². The lowest BCUT2D eigenvalue weighted by atomic mass is 10.1. The number of nitrogens with two attached hydrogens (primary N) is 1. The Labute approximate surface area is 103 Å². The maximum atomic E-state index is 13.8. The molecule has 0 saturated heterocycles. The van der Waals surface area contributed by atoms with E-state index in [2.05, 4.69) is 18.7 Å². The maximum absolute atomic E-state index is 13.8. The number of rotatable bonds is 4. The molecule has 1 aliphatic rings. The Kier molecular flexibility index (Phi) is 3.67. The van der Waals surface area contributed by atoms with Crippen LogP contribution in [-0.2, 0) is 6.42 Å². The number of nitrogens with zero attached hydrogens (tertiary/aromatic N) is 1. The van der Waals surface area contributed by atoms with Gasteiger partial charge in [-0.3, -0.25) is 0 Å². The fourth-order valence-electron chi connectivity index (χ4n) is 2.82. The molecule has 0 amide bonds. The highest BCUT2D eigenvalue weighted by atomic mass is 19.1. The lowest BCUT2D eigenvalue weighted by Gasteiger charge is -2.31. The van der Waals surface area contributed by atoms with Crippen molar-refractivity contribution in [2.24, 2.45) is 5.73 Å². The van der Waals surface area contributed by atoms with Crippen LogP contribution in [0.5, 0.6) is 0 Å². The van der Waals surface area contributed by atoms with Crippen molar-refractivity contribution in [1.29, 1.82) is 0 Å². The minimum absolute atomic E-state index is 0.0663. The predicted molar refractivity (Wildman–Crippen MR) is 69.8 cm³/mol.